The van der Waals surface area contributed by atoms with Crippen LogP contribution in [-0.4, -0.2) is 50.0 Å². The molecule has 1 aromatic carbocycles. The van der Waals surface area contributed by atoms with Crippen LogP contribution in [0.2, 0.25) is 0 Å². The summed E-state index contributed by atoms with van der Waals surface area (Å²) in [5.74, 6) is -0.699. The molecule has 0 bridgehead atoms. The van der Waals surface area contributed by atoms with E-state index >= 15 is 0 Å². The van der Waals surface area contributed by atoms with E-state index in [4.69, 9.17) is 0 Å². The molecule has 1 aliphatic heterocycles. The Bertz CT molecular complexity index is 695. The normalized spacial score (nSPS) is 18.2. The number of nitrogens with zero attached hydrogens (tertiary/aromatic N) is 1. The minimum atomic E-state index is -3.52. The molecule has 21 heavy (non-hydrogen) atoms. The Hall–Kier alpha value is -1.89. The fourth-order valence-corrected chi connectivity index (χ4v) is 3.25. The molecule has 1 saturated heterocycles. The third-order valence-corrected chi connectivity index (χ3v) is 4.77. The van der Waals surface area contributed by atoms with Gasteiger partial charge in [-0.25, -0.2) is 8.42 Å². The number of hydrogen-bond acceptors (Lipinski definition) is 4. The first kappa shape index (κ1) is 15.5. The lowest BCUT2D eigenvalue weighted by Crippen LogP contribution is -2.63. The number of benzene rings is 1. The number of piperazine rings is 1. The van der Waals surface area contributed by atoms with Crippen LogP contribution in [0, 0.1) is 0 Å². The highest BCUT2D eigenvalue weighted by Gasteiger charge is 2.41. The third kappa shape index (κ3) is 2.78. The largest absolute Gasteiger partial charge is 0.352 e. The van der Waals surface area contributed by atoms with Crippen molar-refractivity contribution in [2.24, 2.45) is 0 Å². The Morgan fingerprint density at radius 2 is 1.90 bits per heavy atom. The fourth-order valence-electron chi connectivity index (χ4n) is 2.37. The van der Waals surface area contributed by atoms with Crippen molar-refractivity contribution < 1.29 is 18.0 Å². The van der Waals surface area contributed by atoms with Crippen molar-refractivity contribution in [2.75, 3.05) is 19.3 Å². The molecule has 0 unspecified atom stereocenters. The minimum Gasteiger partial charge on any atom is -0.352 e. The van der Waals surface area contributed by atoms with Gasteiger partial charge in [0.15, 0.2) is 9.84 Å². The van der Waals surface area contributed by atoms with Crippen LogP contribution < -0.4 is 5.32 Å². The van der Waals surface area contributed by atoms with E-state index in [0.717, 1.165) is 6.26 Å². The summed E-state index contributed by atoms with van der Waals surface area (Å²) >= 11 is 0. The van der Waals surface area contributed by atoms with Crippen LogP contribution in [0.4, 0.5) is 0 Å². The van der Waals surface area contributed by atoms with Gasteiger partial charge >= 0.3 is 0 Å². The molecule has 7 heteroatoms. The van der Waals surface area contributed by atoms with Crippen molar-refractivity contribution in [3.63, 3.8) is 0 Å². The van der Waals surface area contributed by atoms with Gasteiger partial charge in [0.2, 0.25) is 5.91 Å². The van der Waals surface area contributed by atoms with Gasteiger partial charge in [0.25, 0.3) is 5.91 Å². The molecule has 2 amide bonds. The minimum absolute atomic E-state index is 0.0169. The van der Waals surface area contributed by atoms with Crippen molar-refractivity contribution in [1.82, 2.24) is 10.2 Å². The lowest BCUT2D eigenvalue weighted by molar-refractivity contribution is -0.133. The first-order valence-corrected chi connectivity index (χ1v) is 8.44. The molecule has 1 aliphatic rings. The average molecular weight is 310 g/mol. The number of amides is 2. The molecular weight excluding hydrogens is 292 g/mol. The van der Waals surface area contributed by atoms with Crippen molar-refractivity contribution in [2.45, 2.75) is 24.3 Å². The summed E-state index contributed by atoms with van der Waals surface area (Å²) in [6.07, 6.45) is 1.06. The molecular formula is C14H18N2O4S. The zero-order valence-corrected chi connectivity index (χ0v) is 13.0. The smallest absolute Gasteiger partial charge is 0.256 e. The van der Waals surface area contributed by atoms with Gasteiger partial charge in [0.1, 0.15) is 5.54 Å². The van der Waals surface area contributed by atoms with E-state index in [-0.39, 0.29) is 16.4 Å². The molecule has 1 aromatic rings. The first-order valence-electron chi connectivity index (χ1n) is 6.55. The van der Waals surface area contributed by atoms with Crippen LogP contribution >= 0.6 is 0 Å². The van der Waals surface area contributed by atoms with E-state index in [9.17, 15) is 18.0 Å². The maximum Gasteiger partial charge on any atom is 0.256 e. The molecule has 0 aromatic heterocycles. The summed E-state index contributed by atoms with van der Waals surface area (Å²) in [6, 6.07) is 6.06. The SMILES string of the molecule is CC1(C)C(=O)NCCN1C(=O)c1ccccc1S(C)(=O)=O. The molecule has 0 radical (unpaired) electrons. The zero-order valence-electron chi connectivity index (χ0n) is 12.2. The number of rotatable bonds is 2. The van der Waals surface area contributed by atoms with Crippen LogP contribution in [-0.2, 0) is 14.6 Å². The Morgan fingerprint density at radius 3 is 2.52 bits per heavy atom. The lowest BCUT2D eigenvalue weighted by atomic mass is 9.97. The van der Waals surface area contributed by atoms with Crippen molar-refractivity contribution in [3.05, 3.63) is 29.8 Å². The van der Waals surface area contributed by atoms with Crippen LogP contribution in [0.3, 0.4) is 0 Å². The standard InChI is InChI=1S/C14H18N2O4S/c1-14(2)13(18)15-8-9-16(14)12(17)10-6-4-5-7-11(10)21(3,19)20/h4-7H,8-9H2,1-3H3,(H,15,18). The van der Waals surface area contributed by atoms with Crippen LogP contribution in [0.5, 0.6) is 0 Å². The Labute approximate surface area is 124 Å². The summed E-state index contributed by atoms with van der Waals surface area (Å²) in [5, 5.41) is 2.70. The van der Waals surface area contributed by atoms with Crippen molar-refractivity contribution in [1.29, 1.82) is 0 Å². The highest BCUT2D eigenvalue weighted by Crippen LogP contribution is 2.24. The van der Waals surface area contributed by atoms with Gasteiger partial charge in [-0.3, -0.25) is 9.59 Å². The van der Waals surface area contributed by atoms with E-state index < -0.39 is 21.3 Å². The molecule has 1 fully saturated rings. The highest BCUT2D eigenvalue weighted by molar-refractivity contribution is 7.90. The maximum atomic E-state index is 12.7. The van der Waals surface area contributed by atoms with Gasteiger partial charge in [-0.05, 0) is 26.0 Å². The lowest BCUT2D eigenvalue weighted by Gasteiger charge is -2.41. The van der Waals surface area contributed by atoms with Crippen LogP contribution in [0.15, 0.2) is 29.2 Å². The van der Waals surface area contributed by atoms with Crippen molar-refractivity contribution in [3.8, 4) is 0 Å². The second-order valence-corrected chi connectivity index (χ2v) is 7.52. The quantitative estimate of drug-likeness (QED) is 0.859. The molecule has 0 aliphatic carbocycles. The molecule has 1 heterocycles. The van der Waals surface area contributed by atoms with Gasteiger partial charge in [0.05, 0.1) is 10.5 Å². The summed E-state index contributed by atoms with van der Waals surface area (Å²) in [4.78, 5) is 26.0. The van der Waals surface area contributed by atoms with E-state index in [1.54, 1.807) is 26.0 Å². The number of sulfone groups is 1. The highest BCUT2D eigenvalue weighted by atomic mass is 32.2. The van der Waals surface area contributed by atoms with Crippen LogP contribution in [0.1, 0.15) is 24.2 Å². The van der Waals surface area contributed by atoms with E-state index in [1.165, 1.54) is 17.0 Å². The fraction of sp³-hybridized carbons (Fsp3) is 0.429. The van der Waals surface area contributed by atoms with Gasteiger partial charge in [0, 0.05) is 19.3 Å². The molecule has 0 spiro atoms. The van der Waals surface area contributed by atoms with Crippen molar-refractivity contribution >= 4 is 21.7 Å². The predicted octanol–water partition coefficient (Wildman–Crippen LogP) is 0.441. The summed E-state index contributed by atoms with van der Waals surface area (Å²) < 4.78 is 23.6. The molecule has 6 nitrogen and oxygen atoms in total. The Morgan fingerprint density at radius 1 is 1.29 bits per heavy atom. The van der Waals surface area contributed by atoms with E-state index in [0.29, 0.717) is 13.1 Å². The average Bonchev–Trinajstić information content (AvgIpc) is 2.40. The first-order chi connectivity index (χ1) is 9.65. The van der Waals surface area contributed by atoms with E-state index in [1.807, 2.05) is 0 Å². The molecule has 114 valence electrons. The number of carbonyl (C=O) groups is 2. The zero-order chi connectivity index (χ0) is 15.8. The Kier molecular flexibility index (Phi) is 3.79. The molecule has 2 rings (SSSR count). The molecule has 1 N–H and O–H groups in total. The number of hydrogen-bond donors (Lipinski definition) is 1. The second-order valence-electron chi connectivity index (χ2n) is 5.54. The van der Waals surface area contributed by atoms with Gasteiger partial charge in [-0.1, -0.05) is 12.1 Å². The molecule has 0 saturated carbocycles. The van der Waals surface area contributed by atoms with E-state index in [2.05, 4.69) is 5.32 Å². The second kappa shape index (κ2) is 5.14. The monoisotopic (exact) mass is 310 g/mol. The van der Waals surface area contributed by atoms with Gasteiger partial charge in [-0.2, -0.15) is 0 Å². The predicted molar refractivity (Wildman–Crippen MR) is 77.7 cm³/mol. The summed E-state index contributed by atoms with van der Waals surface area (Å²) in [6.45, 7) is 3.98. The summed E-state index contributed by atoms with van der Waals surface area (Å²) in [7, 11) is -3.52. The van der Waals surface area contributed by atoms with Gasteiger partial charge < -0.3 is 10.2 Å². The molecule has 0 atom stereocenters. The number of carbonyl (C=O) groups excluding carboxylic acids is 2. The maximum absolute atomic E-state index is 12.7. The third-order valence-electron chi connectivity index (χ3n) is 3.61. The Balaban J connectivity index is 2.49. The van der Waals surface area contributed by atoms with Gasteiger partial charge in [-0.15, -0.1) is 0 Å². The topological polar surface area (TPSA) is 83.6 Å². The van der Waals surface area contributed by atoms with Crippen LogP contribution in [0.25, 0.3) is 0 Å². The number of nitrogens with one attached hydrogen (secondary N) is 1. The summed E-state index contributed by atoms with van der Waals surface area (Å²) in [5.41, 5.74) is -0.914.